The zero-order chi connectivity index (χ0) is 11.4. The minimum atomic E-state index is 0.608. The first-order chi connectivity index (χ1) is 7.81. The van der Waals surface area contributed by atoms with Gasteiger partial charge in [0.25, 0.3) is 0 Å². The van der Waals surface area contributed by atoms with Crippen molar-refractivity contribution in [2.24, 2.45) is 0 Å². The molecule has 3 heteroatoms. The van der Waals surface area contributed by atoms with Crippen LogP contribution in [0.2, 0.25) is 0 Å². The van der Waals surface area contributed by atoms with Gasteiger partial charge >= 0.3 is 0 Å². The summed E-state index contributed by atoms with van der Waals surface area (Å²) in [7, 11) is 0. The largest absolute Gasteiger partial charge is 0.314 e. The Balaban J connectivity index is 1.88. The third-order valence-corrected chi connectivity index (χ3v) is 4.76. The van der Waals surface area contributed by atoms with Crippen LogP contribution in [0.15, 0.2) is 29.2 Å². The molecule has 1 N–H and O–H groups in total. The molecule has 1 aliphatic rings. The van der Waals surface area contributed by atoms with Gasteiger partial charge in [-0.3, -0.25) is 0 Å². The molecule has 0 radical (unpaired) electrons. The number of thioether (sulfide) groups is 1. The Labute approximate surface area is 111 Å². The van der Waals surface area contributed by atoms with E-state index in [0.717, 1.165) is 11.9 Å². The fraction of sp³-hybridized carbons (Fsp3) is 0.538. The lowest BCUT2D eigenvalue weighted by molar-refractivity contribution is 0.514. The average Bonchev–Trinajstić information content (AvgIpc) is 2.70. The maximum Gasteiger partial charge on any atom is 0.0108 e. The first-order valence-electron chi connectivity index (χ1n) is 5.82. The molecule has 0 spiro atoms. The van der Waals surface area contributed by atoms with Gasteiger partial charge in [-0.15, -0.1) is 11.8 Å². The van der Waals surface area contributed by atoms with Gasteiger partial charge in [-0.1, -0.05) is 34.1 Å². The van der Waals surface area contributed by atoms with Gasteiger partial charge in [0.1, 0.15) is 0 Å². The van der Waals surface area contributed by atoms with Crippen molar-refractivity contribution in [3.05, 3.63) is 29.8 Å². The Kier molecular flexibility index (Phi) is 4.74. The second-order valence-electron chi connectivity index (χ2n) is 4.33. The number of halogens is 1. The number of fused-ring (bicyclic) bond motifs is 1. The van der Waals surface area contributed by atoms with Crippen LogP contribution in [-0.4, -0.2) is 23.7 Å². The normalized spacial score (nSPS) is 20.8. The maximum absolute atomic E-state index is 3.62. The van der Waals surface area contributed by atoms with Crippen molar-refractivity contribution in [1.82, 2.24) is 5.32 Å². The van der Waals surface area contributed by atoms with Crippen LogP contribution >= 0.6 is 27.7 Å². The summed E-state index contributed by atoms with van der Waals surface area (Å²) in [5.74, 6) is 1.92. The highest BCUT2D eigenvalue weighted by molar-refractivity contribution is 9.09. The predicted octanol–water partition coefficient (Wildman–Crippen LogP) is 3.64. The molecule has 0 amide bonds. The van der Waals surface area contributed by atoms with Crippen LogP contribution in [0, 0.1) is 0 Å². The number of hydrogen-bond acceptors (Lipinski definition) is 2. The standard InChI is InChI=1S/C13H18BrNS/c1-10(6-7-14)15-8-11-9-16-13-5-3-2-4-12(11)13/h2-5,10-11,15H,6-9H2,1H3. The van der Waals surface area contributed by atoms with Crippen LogP contribution in [0.5, 0.6) is 0 Å². The number of benzene rings is 1. The van der Waals surface area contributed by atoms with E-state index >= 15 is 0 Å². The summed E-state index contributed by atoms with van der Waals surface area (Å²) in [6.07, 6.45) is 1.20. The third-order valence-electron chi connectivity index (χ3n) is 3.05. The van der Waals surface area contributed by atoms with Gasteiger partial charge in [-0.05, 0) is 25.0 Å². The van der Waals surface area contributed by atoms with Crippen LogP contribution in [-0.2, 0) is 0 Å². The molecule has 1 aromatic rings. The van der Waals surface area contributed by atoms with E-state index < -0.39 is 0 Å². The van der Waals surface area contributed by atoms with Crippen LogP contribution in [0.3, 0.4) is 0 Å². The van der Waals surface area contributed by atoms with E-state index in [0.29, 0.717) is 12.0 Å². The van der Waals surface area contributed by atoms with E-state index in [1.165, 1.54) is 22.6 Å². The van der Waals surface area contributed by atoms with Gasteiger partial charge in [-0.2, -0.15) is 0 Å². The summed E-state index contributed by atoms with van der Waals surface area (Å²) in [5, 5.41) is 4.70. The van der Waals surface area contributed by atoms with Crippen molar-refractivity contribution in [3.63, 3.8) is 0 Å². The Morgan fingerprint density at radius 3 is 3.12 bits per heavy atom. The Morgan fingerprint density at radius 2 is 2.31 bits per heavy atom. The first-order valence-corrected chi connectivity index (χ1v) is 7.93. The van der Waals surface area contributed by atoms with Gasteiger partial charge in [0.15, 0.2) is 0 Å². The molecule has 0 saturated carbocycles. The molecule has 1 aromatic carbocycles. The lowest BCUT2D eigenvalue weighted by Crippen LogP contribution is -2.30. The summed E-state index contributed by atoms with van der Waals surface area (Å²) >= 11 is 5.48. The molecule has 0 bridgehead atoms. The predicted molar refractivity (Wildman–Crippen MR) is 75.8 cm³/mol. The lowest BCUT2D eigenvalue weighted by Gasteiger charge is -2.16. The van der Waals surface area contributed by atoms with E-state index in [2.05, 4.69) is 52.4 Å². The number of nitrogens with one attached hydrogen (secondary N) is 1. The molecule has 1 aliphatic heterocycles. The monoisotopic (exact) mass is 299 g/mol. The molecular weight excluding hydrogens is 282 g/mol. The SMILES string of the molecule is CC(CCBr)NCC1CSc2ccccc21. The molecule has 2 rings (SSSR count). The topological polar surface area (TPSA) is 12.0 Å². The molecule has 0 aliphatic carbocycles. The van der Waals surface area contributed by atoms with Crippen molar-refractivity contribution >= 4 is 27.7 Å². The number of hydrogen-bond donors (Lipinski definition) is 1. The fourth-order valence-electron chi connectivity index (χ4n) is 2.01. The number of rotatable bonds is 5. The van der Waals surface area contributed by atoms with Crippen LogP contribution < -0.4 is 5.32 Å². The van der Waals surface area contributed by atoms with Gasteiger partial charge < -0.3 is 5.32 Å². The van der Waals surface area contributed by atoms with E-state index in [-0.39, 0.29) is 0 Å². The lowest BCUT2D eigenvalue weighted by atomic mass is 10.0. The van der Waals surface area contributed by atoms with Gasteiger partial charge in [0, 0.05) is 34.5 Å². The molecule has 2 atom stereocenters. The summed E-state index contributed by atoms with van der Waals surface area (Å²) in [6.45, 7) is 3.37. The van der Waals surface area contributed by atoms with E-state index in [1.807, 2.05) is 11.8 Å². The highest BCUT2D eigenvalue weighted by atomic mass is 79.9. The Hall–Kier alpha value is 0.0100. The summed E-state index contributed by atoms with van der Waals surface area (Å²) in [4.78, 5) is 1.47. The van der Waals surface area contributed by atoms with E-state index in [4.69, 9.17) is 0 Å². The molecule has 1 heterocycles. The Bertz CT molecular complexity index is 342. The van der Waals surface area contributed by atoms with E-state index in [9.17, 15) is 0 Å². The molecule has 88 valence electrons. The highest BCUT2D eigenvalue weighted by Crippen LogP contribution is 2.38. The Morgan fingerprint density at radius 1 is 1.50 bits per heavy atom. The molecule has 0 saturated heterocycles. The fourth-order valence-corrected chi connectivity index (χ4v) is 3.95. The maximum atomic E-state index is 3.62. The van der Waals surface area contributed by atoms with Crippen LogP contribution in [0.4, 0.5) is 0 Å². The highest BCUT2D eigenvalue weighted by Gasteiger charge is 2.22. The van der Waals surface area contributed by atoms with Crippen molar-refractivity contribution < 1.29 is 0 Å². The second-order valence-corrected chi connectivity index (χ2v) is 6.19. The van der Waals surface area contributed by atoms with Gasteiger partial charge in [0.2, 0.25) is 0 Å². The molecule has 16 heavy (non-hydrogen) atoms. The zero-order valence-corrected chi connectivity index (χ0v) is 12.0. The van der Waals surface area contributed by atoms with Gasteiger partial charge in [-0.25, -0.2) is 0 Å². The smallest absolute Gasteiger partial charge is 0.0108 e. The van der Waals surface area contributed by atoms with Crippen LogP contribution in [0.25, 0.3) is 0 Å². The summed E-state index contributed by atoms with van der Waals surface area (Å²) < 4.78 is 0. The van der Waals surface area contributed by atoms with Crippen molar-refractivity contribution in [3.8, 4) is 0 Å². The summed E-state index contributed by atoms with van der Waals surface area (Å²) in [6, 6.07) is 9.41. The molecular formula is C13H18BrNS. The molecule has 0 aromatic heterocycles. The minimum absolute atomic E-state index is 0.608. The van der Waals surface area contributed by atoms with Crippen LogP contribution in [0.1, 0.15) is 24.8 Å². The summed E-state index contributed by atoms with van der Waals surface area (Å²) in [5.41, 5.74) is 1.53. The first kappa shape index (κ1) is 12.5. The zero-order valence-electron chi connectivity index (χ0n) is 9.58. The third kappa shape index (κ3) is 3.02. The second kappa shape index (κ2) is 6.08. The molecule has 2 unspecified atom stereocenters. The van der Waals surface area contributed by atoms with Crippen molar-refractivity contribution in [2.75, 3.05) is 17.6 Å². The molecule has 1 nitrogen and oxygen atoms in total. The minimum Gasteiger partial charge on any atom is -0.314 e. The van der Waals surface area contributed by atoms with Crippen molar-refractivity contribution in [1.29, 1.82) is 0 Å². The number of alkyl halides is 1. The van der Waals surface area contributed by atoms with Gasteiger partial charge in [0.05, 0.1) is 0 Å². The van der Waals surface area contributed by atoms with Crippen molar-refractivity contribution in [2.45, 2.75) is 30.2 Å². The molecule has 0 fully saturated rings. The van der Waals surface area contributed by atoms with E-state index in [1.54, 1.807) is 0 Å². The average molecular weight is 300 g/mol. The quantitative estimate of drug-likeness (QED) is 0.833.